The van der Waals surface area contributed by atoms with Crippen molar-refractivity contribution < 1.29 is 14.3 Å². The number of aromatic nitrogens is 2. The Hall–Kier alpha value is -1.95. The normalized spacial score (nSPS) is 22.4. The number of amides is 1. The van der Waals surface area contributed by atoms with Crippen LogP contribution in [0.2, 0.25) is 0 Å². The van der Waals surface area contributed by atoms with Crippen LogP contribution in [0.25, 0.3) is 5.65 Å². The number of aliphatic hydroxyl groups excluding tert-OH is 1. The van der Waals surface area contributed by atoms with Crippen molar-refractivity contribution in [3.05, 3.63) is 35.5 Å². The van der Waals surface area contributed by atoms with E-state index in [4.69, 9.17) is 0 Å². The van der Waals surface area contributed by atoms with Gasteiger partial charge in [0.05, 0.1) is 6.10 Å². The van der Waals surface area contributed by atoms with Crippen molar-refractivity contribution in [1.82, 2.24) is 14.7 Å². The van der Waals surface area contributed by atoms with Gasteiger partial charge in [0, 0.05) is 12.2 Å². The van der Waals surface area contributed by atoms with E-state index in [0.717, 1.165) is 12.0 Å². The SMILES string of the molecule is CCC(NC(=O)c1nc2cc(C)ccn2c1F)C1CC(O)C1. The van der Waals surface area contributed by atoms with Gasteiger partial charge in [0.25, 0.3) is 5.91 Å². The summed E-state index contributed by atoms with van der Waals surface area (Å²) in [4.78, 5) is 16.4. The maximum atomic E-state index is 14.3. The van der Waals surface area contributed by atoms with Gasteiger partial charge < -0.3 is 10.4 Å². The number of hydrogen-bond donors (Lipinski definition) is 2. The van der Waals surface area contributed by atoms with Crippen molar-refractivity contribution in [2.75, 3.05) is 0 Å². The number of nitrogens with zero attached hydrogens (tertiary/aromatic N) is 2. The molecule has 1 fully saturated rings. The zero-order valence-electron chi connectivity index (χ0n) is 12.7. The maximum absolute atomic E-state index is 14.3. The minimum absolute atomic E-state index is 0.0538. The summed E-state index contributed by atoms with van der Waals surface area (Å²) in [7, 11) is 0. The quantitative estimate of drug-likeness (QED) is 0.908. The average molecular weight is 305 g/mol. The molecule has 1 unspecified atom stereocenters. The third-order valence-electron chi connectivity index (χ3n) is 4.41. The number of pyridine rings is 1. The van der Waals surface area contributed by atoms with E-state index in [1.54, 1.807) is 18.3 Å². The lowest BCUT2D eigenvalue weighted by Crippen LogP contribution is -2.46. The van der Waals surface area contributed by atoms with Crippen molar-refractivity contribution in [2.45, 2.75) is 45.3 Å². The van der Waals surface area contributed by atoms with Crippen LogP contribution in [0.3, 0.4) is 0 Å². The molecule has 0 aliphatic heterocycles. The lowest BCUT2D eigenvalue weighted by Gasteiger charge is -2.37. The summed E-state index contributed by atoms with van der Waals surface area (Å²) in [5.41, 5.74) is 1.21. The fourth-order valence-corrected chi connectivity index (χ4v) is 3.01. The van der Waals surface area contributed by atoms with Gasteiger partial charge in [0.1, 0.15) is 5.65 Å². The number of hydrogen-bond acceptors (Lipinski definition) is 3. The summed E-state index contributed by atoms with van der Waals surface area (Å²) in [6, 6.07) is 3.45. The highest BCUT2D eigenvalue weighted by atomic mass is 19.1. The number of rotatable bonds is 4. The second kappa shape index (κ2) is 5.68. The van der Waals surface area contributed by atoms with Crippen LogP contribution < -0.4 is 5.32 Å². The minimum Gasteiger partial charge on any atom is -0.393 e. The standard InChI is InChI=1S/C16H20FN3O2/c1-3-12(10-7-11(21)8-10)18-16(22)14-15(17)20-5-4-9(2)6-13(20)19-14/h4-6,10-12,21H,3,7-8H2,1-2H3,(H,18,22). The zero-order valence-corrected chi connectivity index (χ0v) is 12.7. The summed E-state index contributed by atoms with van der Waals surface area (Å²) >= 11 is 0. The van der Waals surface area contributed by atoms with Crippen molar-refractivity contribution in [1.29, 1.82) is 0 Å². The molecule has 1 aliphatic rings. The molecule has 6 heteroatoms. The predicted octanol–water partition coefficient (Wildman–Crippen LogP) is 2.06. The molecule has 0 bridgehead atoms. The Morgan fingerprint density at radius 2 is 2.32 bits per heavy atom. The molecule has 1 amide bonds. The first-order chi connectivity index (χ1) is 10.5. The van der Waals surface area contributed by atoms with Crippen molar-refractivity contribution >= 4 is 11.6 Å². The van der Waals surface area contributed by atoms with Crippen molar-refractivity contribution in [2.24, 2.45) is 5.92 Å². The number of carbonyl (C=O) groups excluding carboxylic acids is 1. The zero-order chi connectivity index (χ0) is 15.9. The van der Waals surface area contributed by atoms with E-state index in [2.05, 4.69) is 10.3 Å². The topological polar surface area (TPSA) is 66.6 Å². The number of carbonyl (C=O) groups is 1. The third kappa shape index (κ3) is 2.59. The first-order valence-electron chi connectivity index (χ1n) is 7.62. The first-order valence-corrected chi connectivity index (χ1v) is 7.62. The summed E-state index contributed by atoms with van der Waals surface area (Å²) < 4.78 is 15.6. The van der Waals surface area contributed by atoms with Gasteiger partial charge in [-0.1, -0.05) is 6.92 Å². The molecule has 1 atom stereocenters. The Kier molecular flexibility index (Phi) is 3.87. The van der Waals surface area contributed by atoms with Crippen LogP contribution in [0.4, 0.5) is 4.39 Å². The average Bonchev–Trinajstić information content (AvgIpc) is 2.78. The minimum atomic E-state index is -0.643. The summed E-state index contributed by atoms with van der Waals surface area (Å²) in [5, 5.41) is 12.2. The molecular weight excluding hydrogens is 285 g/mol. The number of nitrogens with one attached hydrogen (secondary N) is 1. The van der Waals surface area contributed by atoms with Crippen LogP contribution in [0.15, 0.2) is 18.3 Å². The monoisotopic (exact) mass is 305 g/mol. The molecule has 3 rings (SSSR count). The van der Waals surface area contributed by atoms with Gasteiger partial charge in [0.2, 0.25) is 5.95 Å². The van der Waals surface area contributed by atoms with Gasteiger partial charge in [-0.05, 0) is 49.8 Å². The van der Waals surface area contributed by atoms with Gasteiger partial charge in [-0.3, -0.25) is 9.20 Å². The van der Waals surface area contributed by atoms with E-state index >= 15 is 0 Å². The highest BCUT2D eigenvalue weighted by molar-refractivity contribution is 5.93. The van der Waals surface area contributed by atoms with Crippen LogP contribution in [0.5, 0.6) is 0 Å². The highest BCUT2D eigenvalue weighted by Crippen LogP contribution is 2.31. The third-order valence-corrected chi connectivity index (χ3v) is 4.41. The number of aliphatic hydroxyl groups is 1. The molecule has 118 valence electrons. The molecule has 0 saturated heterocycles. The van der Waals surface area contributed by atoms with E-state index in [1.807, 2.05) is 13.8 Å². The molecule has 5 nitrogen and oxygen atoms in total. The molecule has 2 aromatic heterocycles. The Bertz CT molecular complexity index is 707. The van der Waals surface area contributed by atoms with Gasteiger partial charge in [-0.15, -0.1) is 0 Å². The Morgan fingerprint density at radius 3 is 2.95 bits per heavy atom. The van der Waals surface area contributed by atoms with E-state index in [0.29, 0.717) is 18.5 Å². The molecule has 0 spiro atoms. The van der Waals surface area contributed by atoms with Gasteiger partial charge in [-0.25, -0.2) is 4.98 Å². The predicted molar refractivity (Wildman–Crippen MR) is 80.2 cm³/mol. The van der Waals surface area contributed by atoms with Crippen LogP contribution in [-0.4, -0.2) is 32.5 Å². The molecular formula is C16H20FN3O2. The Balaban J connectivity index is 1.81. The molecule has 22 heavy (non-hydrogen) atoms. The van der Waals surface area contributed by atoms with Crippen molar-refractivity contribution in [3.63, 3.8) is 0 Å². The molecule has 1 saturated carbocycles. The Labute approximate surface area is 128 Å². The molecule has 2 heterocycles. The van der Waals surface area contributed by atoms with Gasteiger partial charge in [-0.2, -0.15) is 4.39 Å². The van der Waals surface area contributed by atoms with Crippen molar-refractivity contribution in [3.8, 4) is 0 Å². The summed E-state index contributed by atoms with van der Waals surface area (Å²) in [6.07, 6.45) is 3.42. The Morgan fingerprint density at radius 1 is 1.59 bits per heavy atom. The van der Waals surface area contributed by atoms with E-state index in [1.165, 1.54) is 4.40 Å². The second-order valence-electron chi connectivity index (χ2n) is 6.06. The highest BCUT2D eigenvalue weighted by Gasteiger charge is 2.34. The van der Waals surface area contributed by atoms with E-state index < -0.39 is 11.9 Å². The molecule has 2 N–H and O–H groups in total. The van der Waals surface area contributed by atoms with Gasteiger partial charge in [0.15, 0.2) is 5.69 Å². The second-order valence-corrected chi connectivity index (χ2v) is 6.06. The van der Waals surface area contributed by atoms with Crippen LogP contribution in [0.1, 0.15) is 42.2 Å². The van der Waals surface area contributed by atoms with Gasteiger partial charge >= 0.3 is 0 Å². The van der Waals surface area contributed by atoms with Crippen LogP contribution >= 0.6 is 0 Å². The first kappa shape index (κ1) is 15.0. The molecule has 2 aromatic rings. The van der Waals surface area contributed by atoms with E-state index in [-0.39, 0.29) is 23.8 Å². The lowest BCUT2D eigenvalue weighted by atomic mass is 9.76. The molecule has 1 aliphatic carbocycles. The maximum Gasteiger partial charge on any atom is 0.274 e. The molecule has 0 radical (unpaired) electrons. The summed E-state index contributed by atoms with van der Waals surface area (Å²) in [5.74, 6) is -0.880. The van der Waals surface area contributed by atoms with Crippen LogP contribution in [0, 0.1) is 18.8 Å². The fourth-order valence-electron chi connectivity index (χ4n) is 3.01. The van der Waals surface area contributed by atoms with Crippen LogP contribution in [-0.2, 0) is 0 Å². The summed E-state index contributed by atoms with van der Waals surface area (Å²) in [6.45, 7) is 3.86. The lowest BCUT2D eigenvalue weighted by molar-refractivity contribution is 0.0231. The number of fused-ring (bicyclic) bond motifs is 1. The number of aryl methyl sites for hydroxylation is 1. The fraction of sp³-hybridized carbons (Fsp3) is 0.500. The molecule has 0 aromatic carbocycles. The smallest absolute Gasteiger partial charge is 0.274 e. The number of imidazole rings is 1. The largest absolute Gasteiger partial charge is 0.393 e. The van der Waals surface area contributed by atoms with E-state index in [9.17, 15) is 14.3 Å². The number of halogens is 1.